The van der Waals surface area contributed by atoms with Gasteiger partial charge in [0.25, 0.3) is 0 Å². The quantitative estimate of drug-likeness (QED) is 0.780. The molecule has 2 aliphatic rings. The Morgan fingerprint density at radius 3 is 2.38 bits per heavy atom. The highest BCUT2D eigenvalue weighted by Gasteiger charge is 2.61. The number of aliphatic hydroxyl groups is 1. The van der Waals surface area contributed by atoms with Crippen LogP contribution in [0.4, 0.5) is 13.2 Å². The molecule has 1 nitrogen and oxygen atoms in total. The molecule has 1 saturated carbocycles. The molecule has 0 saturated heterocycles. The van der Waals surface area contributed by atoms with Crippen molar-refractivity contribution < 1.29 is 18.3 Å². The molecule has 0 heterocycles. The fourth-order valence-electron chi connectivity index (χ4n) is 5.17. The van der Waals surface area contributed by atoms with Crippen molar-refractivity contribution in [3.63, 3.8) is 0 Å². The first-order chi connectivity index (χ1) is 12.3. The topological polar surface area (TPSA) is 20.2 Å². The van der Waals surface area contributed by atoms with E-state index in [4.69, 9.17) is 0 Å². The summed E-state index contributed by atoms with van der Waals surface area (Å²) in [7, 11) is 0. The molecule has 4 rings (SSSR count). The monoisotopic (exact) mass is 360 g/mol. The molecule has 0 aromatic heterocycles. The molecule has 2 aromatic rings. The van der Waals surface area contributed by atoms with Crippen molar-refractivity contribution in [2.45, 2.75) is 55.7 Å². The third-order valence-corrected chi connectivity index (χ3v) is 6.56. The summed E-state index contributed by atoms with van der Waals surface area (Å²) in [6.07, 6.45) is -2.43. The Labute approximate surface area is 151 Å². The summed E-state index contributed by atoms with van der Waals surface area (Å²) in [6.45, 7) is 0. The summed E-state index contributed by atoms with van der Waals surface area (Å²) in [4.78, 5) is 0. The first-order valence-electron chi connectivity index (χ1n) is 9.26. The highest BCUT2D eigenvalue weighted by molar-refractivity contribution is 5.41. The molecular formula is C22H23F3O. The lowest BCUT2D eigenvalue weighted by atomic mass is 9.52. The van der Waals surface area contributed by atoms with Crippen LogP contribution in [0.1, 0.15) is 42.4 Å². The number of fused-ring (bicyclic) bond motifs is 3. The Hall–Kier alpha value is -1.81. The van der Waals surface area contributed by atoms with Crippen LogP contribution in [0.3, 0.4) is 0 Å². The standard InChI is InChI=1S/C22H23F3O/c23-22(24,25)21(26)13-12-20(14-16-6-2-1-3-7-16)18(15-21)11-10-17-8-4-5-9-19(17)20/h1-9,18,26H,10-15H2/t18-,20+,21-/m1/s1. The lowest BCUT2D eigenvalue weighted by molar-refractivity contribution is -0.279. The van der Waals surface area contributed by atoms with Gasteiger partial charge in [-0.05, 0) is 61.1 Å². The minimum atomic E-state index is -4.57. The molecule has 1 fully saturated rings. The molecule has 26 heavy (non-hydrogen) atoms. The molecule has 0 radical (unpaired) electrons. The van der Waals surface area contributed by atoms with E-state index in [1.165, 1.54) is 11.1 Å². The van der Waals surface area contributed by atoms with Gasteiger partial charge in [-0.1, -0.05) is 54.6 Å². The summed E-state index contributed by atoms with van der Waals surface area (Å²) >= 11 is 0. The molecule has 0 unspecified atom stereocenters. The summed E-state index contributed by atoms with van der Waals surface area (Å²) in [5.74, 6) is -0.169. The molecule has 0 bridgehead atoms. The molecule has 2 aliphatic carbocycles. The van der Waals surface area contributed by atoms with E-state index in [0.29, 0.717) is 12.8 Å². The van der Waals surface area contributed by atoms with Crippen LogP contribution in [0.2, 0.25) is 0 Å². The van der Waals surface area contributed by atoms with E-state index < -0.39 is 11.8 Å². The maximum Gasteiger partial charge on any atom is 0.417 e. The van der Waals surface area contributed by atoms with Crippen LogP contribution in [-0.2, 0) is 18.3 Å². The van der Waals surface area contributed by atoms with E-state index in [0.717, 1.165) is 18.4 Å². The highest BCUT2D eigenvalue weighted by atomic mass is 19.4. The number of rotatable bonds is 2. The van der Waals surface area contributed by atoms with E-state index >= 15 is 0 Å². The second-order valence-electron chi connectivity index (χ2n) is 7.94. The maximum atomic E-state index is 13.5. The molecule has 1 N–H and O–H groups in total. The van der Waals surface area contributed by atoms with Crippen LogP contribution >= 0.6 is 0 Å². The first-order valence-corrected chi connectivity index (χ1v) is 9.26. The fraction of sp³-hybridized carbons (Fsp3) is 0.455. The van der Waals surface area contributed by atoms with Crippen LogP contribution in [0.5, 0.6) is 0 Å². The summed E-state index contributed by atoms with van der Waals surface area (Å²) in [6, 6.07) is 18.2. The van der Waals surface area contributed by atoms with E-state index in [1.807, 2.05) is 42.5 Å². The van der Waals surface area contributed by atoms with Gasteiger partial charge in [0, 0.05) is 5.41 Å². The van der Waals surface area contributed by atoms with Crippen molar-refractivity contribution in [2.75, 3.05) is 0 Å². The third-order valence-electron chi connectivity index (χ3n) is 6.56. The second-order valence-corrected chi connectivity index (χ2v) is 7.94. The average molecular weight is 360 g/mol. The van der Waals surface area contributed by atoms with Crippen molar-refractivity contribution in [1.82, 2.24) is 0 Å². The molecule has 138 valence electrons. The maximum absolute atomic E-state index is 13.5. The minimum absolute atomic E-state index is 0.169. The van der Waals surface area contributed by atoms with Crippen LogP contribution in [0, 0.1) is 5.92 Å². The molecule has 4 heteroatoms. The molecule has 2 aromatic carbocycles. The number of hydrogen-bond donors (Lipinski definition) is 1. The van der Waals surface area contributed by atoms with Gasteiger partial charge in [0.15, 0.2) is 5.60 Å². The smallest absolute Gasteiger partial charge is 0.380 e. The van der Waals surface area contributed by atoms with Crippen molar-refractivity contribution in [3.05, 3.63) is 71.3 Å². The number of halogens is 3. The van der Waals surface area contributed by atoms with E-state index in [1.54, 1.807) is 0 Å². The van der Waals surface area contributed by atoms with Crippen LogP contribution in [0.15, 0.2) is 54.6 Å². The Bertz CT molecular complexity index is 785. The predicted molar refractivity (Wildman–Crippen MR) is 94.9 cm³/mol. The van der Waals surface area contributed by atoms with E-state index in [2.05, 4.69) is 12.1 Å². The molecular weight excluding hydrogens is 337 g/mol. The van der Waals surface area contributed by atoms with Gasteiger partial charge < -0.3 is 5.11 Å². The highest BCUT2D eigenvalue weighted by Crippen LogP contribution is 2.57. The summed E-state index contributed by atoms with van der Waals surface area (Å²) < 4.78 is 40.4. The zero-order valence-electron chi connectivity index (χ0n) is 14.6. The zero-order valence-corrected chi connectivity index (χ0v) is 14.6. The third kappa shape index (κ3) is 2.75. The molecule has 0 amide bonds. The largest absolute Gasteiger partial charge is 0.417 e. The lowest BCUT2D eigenvalue weighted by Crippen LogP contribution is -2.56. The summed E-state index contributed by atoms with van der Waals surface area (Å²) in [5, 5.41) is 10.4. The van der Waals surface area contributed by atoms with Gasteiger partial charge >= 0.3 is 6.18 Å². The van der Waals surface area contributed by atoms with Crippen molar-refractivity contribution in [1.29, 1.82) is 0 Å². The number of hydrogen-bond acceptors (Lipinski definition) is 1. The lowest BCUT2D eigenvalue weighted by Gasteiger charge is -2.53. The molecule has 3 atom stereocenters. The first kappa shape index (κ1) is 17.6. The Balaban J connectivity index is 1.78. The van der Waals surface area contributed by atoms with Crippen molar-refractivity contribution in [2.24, 2.45) is 5.92 Å². The second kappa shape index (κ2) is 6.12. The predicted octanol–water partition coefficient (Wildman–Crippen LogP) is 5.21. The van der Waals surface area contributed by atoms with Gasteiger partial charge in [-0.2, -0.15) is 13.2 Å². The zero-order chi connectivity index (χ0) is 18.4. The Kier molecular flexibility index (Phi) is 4.14. The van der Waals surface area contributed by atoms with Gasteiger partial charge in [-0.25, -0.2) is 0 Å². The van der Waals surface area contributed by atoms with Crippen molar-refractivity contribution >= 4 is 0 Å². The fourth-order valence-corrected chi connectivity index (χ4v) is 5.17. The number of benzene rings is 2. The average Bonchev–Trinajstić information content (AvgIpc) is 2.62. The van der Waals surface area contributed by atoms with Crippen LogP contribution in [0.25, 0.3) is 0 Å². The number of aryl methyl sites for hydroxylation is 1. The van der Waals surface area contributed by atoms with Gasteiger partial charge in [0.05, 0.1) is 0 Å². The minimum Gasteiger partial charge on any atom is -0.380 e. The summed E-state index contributed by atoms with van der Waals surface area (Å²) in [5.41, 5.74) is 0.700. The van der Waals surface area contributed by atoms with Gasteiger partial charge in [-0.3, -0.25) is 0 Å². The molecule has 0 spiro atoms. The van der Waals surface area contributed by atoms with Crippen LogP contribution in [-0.4, -0.2) is 16.9 Å². The Morgan fingerprint density at radius 2 is 1.65 bits per heavy atom. The van der Waals surface area contributed by atoms with E-state index in [-0.39, 0.29) is 24.2 Å². The van der Waals surface area contributed by atoms with Gasteiger partial charge in [0.1, 0.15) is 0 Å². The van der Waals surface area contributed by atoms with E-state index in [9.17, 15) is 18.3 Å². The van der Waals surface area contributed by atoms with Crippen molar-refractivity contribution in [3.8, 4) is 0 Å². The Morgan fingerprint density at radius 1 is 0.962 bits per heavy atom. The number of alkyl halides is 3. The normalized spacial score (nSPS) is 31.2. The molecule has 0 aliphatic heterocycles. The SMILES string of the molecule is O[C@]1(C(F)(F)F)CC[C@@]2(Cc3ccccc3)c3ccccc3CC[C@@H]2C1. The van der Waals surface area contributed by atoms with Gasteiger partial charge in [0.2, 0.25) is 0 Å². The van der Waals surface area contributed by atoms with Crippen LogP contribution < -0.4 is 0 Å². The van der Waals surface area contributed by atoms with Gasteiger partial charge in [-0.15, -0.1) is 0 Å².